The van der Waals surface area contributed by atoms with Gasteiger partial charge in [0.25, 0.3) is 11.8 Å². The van der Waals surface area contributed by atoms with Crippen LogP contribution in [0.4, 0.5) is 0 Å². The van der Waals surface area contributed by atoms with Crippen LogP contribution in [0.3, 0.4) is 0 Å². The predicted octanol–water partition coefficient (Wildman–Crippen LogP) is 2.03. The number of amides is 2. The van der Waals surface area contributed by atoms with Gasteiger partial charge < -0.3 is 25.4 Å². The third-order valence-electron chi connectivity index (χ3n) is 5.70. The molecule has 2 amide bonds. The van der Waals surface area contributed by atoms with Crippen LogP contribution in [0.25, 0.3) is 10.6 Å². The quantitative estimate of drug-likeness (QED) is 0.497. The lowest BCUT2D eigenvalue weighted by atomic mass is 10.1. The van der Waals surface area contributed by atoms with Crippen molar-refractivity contribution in [3.63, 3.8) is 0 Å². The second-order valence-electron chi connectivity index (χ2n) is 8.34. The second-order valence-corrected chi connectivity index (χ2v) is 9.20. The van der Waals surface area contributed by atoms with E-state index in [0.29, 0.717) is 44.4 Å². The first kappa shape index (κ1) is 25.0. The van der Waals surface area contributed by atoms with Crippen molar-refractivity contribution in [3.8, 4) is 10.6 Å². The van der Waals surface area contributed by atoms with Crippen molar-refractivity contribution in [2.24, 2.45) is 0 Å². The molecule has 0 unspecified atom stereocenters. The minimum atomic E-state index is -0.565. The first-order valence-electron chi connectivity index (χ1n) is 11.8. The Morgan fingerprint density at radius 1 is 1.11 bits per heavy atom. The van der Waals surface area contributed by atoms with Crippen LogP contribution in [0.2, 0.25) is 0 Å². The van der Waals surface area contributed by atoms with Gasteiger partial charge in [0.15, 0.2) is 0 Å². The highest BCUT2D eigenvalue weighted by atomic mass is 32.1. The summed E-state index contributed by atoms with van der Waals surface area (Å²) in [6, 6.07) is 3.99. The Morgan fingerprint density at radius 3 is 2.77 bits per heavy atom. The molecular weight excluding hydrogens is 468 g/mol. The number of fused-ring (bicyclic) bond motifs is 5. The number of hydrogen-bond donors (Lipinski definition) is 4. The number of hydrogen-bond acceptors (Lipinski definition) is 9. The van der Waals surface area contributed by atoms with Crippen molar-refractivity contribution in [1.82, 2.24) is 25.9 Å². The molecule has 2 aromatic heterocycles. The normalized spacial score (nSPS) is 20.3. The molecule has 4 heterocycles. The Balaban J connectivity index is 1.56. The van der Waals surface area contributed by atoms with Gasteiger partial charge >= 0.3 is 0 Å². The summed E-state index contributed by atoms with van der Waals surface area (Å²) < 4.78 is 11.0. The Morgan fingerprint density at radius 2 is 1.91 bits per heavy atom. The van der Waals surface area contributed by atoms with Crippen LogP contribution >= 0.6 is 11.3 Å². The average molecular weight is 499 g/mol. The number of nitrogens with one attached hydrogen (secondary N) is 4. The summed E-state index contributed by atoms with van der Waals surface area (Å²) >= 11 is 1.36. The summed E-state index contributed by atoms with van der Waals surface area (Å²) in [5.41, 5.74) is 1.82. The first-order valence-corrected chi connectivity index (χ1v) is 12.7. The lowest BCUT2D eigenvalue weighted by Crippen LogP contribution is -2.40. The standard InChI is InChI=1S/C24H30N6O4S/c25-21-19(14-28-17-5-11-34-12-6-17)29-22(31)20-15-35-24(30-20)16-4-8-26-18(13-16)3-1-9-33-10-2-7-27-23(21)32/h4,8,13-15,17,25,28H,1-3,5-7,9-12H2,(H,27,32)(H,29,31)/b19-14+,25-21?. The second kappa shape index (κ2) is 12.5. The zero-order valence-corrected chi connectivity index (χ0v) is 20.3. The molecule has 2 aliphatic rings. The van der Waals surface area contributed by atoms with E-state index in [4.69, 9.17) is 14.9 Å². The molecule has 0 atom stereocenters. The van der Waals surface area contributed by atoms with Gasteiger partial charge in [-0.3, -0.25) is 20.0 Å². The minimum absolute atomic E-state index is 0.0916. The molecule has 10 nitrogen and oxygen atoms in total. The molecule has 11 heteroatoms. The van der Waals surface area contributed by atoms with Crippen LogP contribution in [-0.2, 0) is 20.7 Å². The van der Waals surface area contributed by atoms with Gasteiger partial charge in [0.05, 0.1) is 5.70 Å². The summed E-state index contributed by atoms with van der Waals surface area (Å²) in [4.78, 5) is 34.5. The Labute approximate surface area is 208 Å². The highest BCUT2D eigenvalue weighted by Crippen LogP contribution is 2.24. The van der Waals surface area contributed by atoms with E-state index in [0.717, 1.165) is 36.9 Å². The van der Waals surface area contributed by atoms with Gasteiger partial charge in [-0.25, -0.2) is 4.98 Å². The molecule has 2 aromatic rings. The van der Waals surface area contributed by atoms with E-state index in [1.54, 1.807) is 11.6 Å². The SMILES string of the molecule is N=C1C(=O)NCCCOCCCc2cc(ccn2)-c2nc(cs2)C(=O)N/C1=C/NC1CCOCC1. The Kier molecular flexibility index (Phi) is 8.93. The monoisotopic (exact) mass is 498 g/mol. The van der Waals surface area contributed by atoms with E-state index in [9.17, 15) is 9.59 Å². The maximum absolute atomic E-state index is 13.0. The third kappa shape index (κ3) is 7.17. The number of thiazole rings is 1. The van der Waals surface area contributed by atoms with Crippen molar-refractivity contribution < 1.29 is 19.1 Å². The Hall–Kier alpha value is -3.15. The zero-order chi connectivity index (χ0) is 24.5. The van der Waals surface area contributed by atoms with Gasteiger partial charge in [-0.15, -0.1) is 11.3 Å². The van der Waals surface area contributed by atoms with E-state index in [2.05, 4.69) is 25.9 Å². The number of aromatic nitrogens is 2. The molecule has 4 rings (SSSR count). The topological polar surface area (TPSA) is 138 Å². The van der Waals surface area contributed by atoms with Crippen molar-refractivity contribution in [2.45, 2.75) is 38.1 Å². The molecule has 0 saturated carbocycles. The number of nitrogens with zero attached hydrogens (tertiary/aromatic N) is 2. The first-order chi connectivity index (χ1) is 17.1. The fraction of sp³-hybridized carbons (Fsp3) is 0.458. The van der Waals surface area contributed by atoms with Crippen molar-refractivity contribution in [2.75, 3.05) is 33.0 Å². The van der Waals surface area contributed by atoms with E-state index >= 15 is 0 Å². The predicted molar refractivity (Wildman–Crippen MR) is 132 cm³/mol. The highest BCUT2D eigenvalue weighted by Gasteiger charge is 2.21. The molecule has 1 saturated heterocycles. The summed E-state index contributed by atoms with van der Waals surface area (Å²) in [6.07, 6.45) is 7.11. The van der Waals surface area contributed by atoms with Gasteiger partial charge in [-0.05, 0) is 44.2 Å². The molecule has 4 N–H and O–H groups in total. The summed E-state index contributed by atoms with van der Waals surface area (Å²) in [5, 5.41) is 19.4. The summed E-state index contributed by atoms with van der Waals surface area (Å²) in [7, 11) is 0. The lowest BCUT2D eigenvalue weighted by Gasteiger charge is -2.23. The van der Waals surface area contributed by atoms with Crippen molar-refractivity contribution >= 4 is 28.9 Å². The largest absolute Gasteiger partial charge is 0.386 e. The van der Waals surface area contributed by atoms with Crippen LogP contribution < -0.4 is 16.0 Å². The molecule has 1 fully saturated rings. The molecule has 35 heavy (non-hydrogen) atoms. The molecule has 0 aliphatic carbocycles. The fourth-order valence-electron chi connectivity index (χ4n) is 3.73. The number of carbonyl (C=O) groups excluding carboxylic acids is 2. The lowest BCUT2D eigenvalue weighted by molar-refractivity contribution is -0.114. The molecule has 0 spiro atoms. The Bertz CT molecular complexity index is 1080. The van der Waals surface area contributed by atoms with E-state index in [-0.39, 0.29) is 23.1 Å². The number of pyridine rings is 1. The third-order valence-corrected chi connectivity index (χ3v) is 6.59. The molecular formula is C24H30N6O4S. The maximum Gasteiger partial charge on any atom is 0.275 e. The minimum Gasteiger partial charge on any atom is -0.386 e. The van der Waals surface area contributed by atoms with Gasteiger partial charge in [0, 0.05) is 68.0 Å². The van der Waals surface area contributed by atoms with E-state index in [1.165, 1.54) is 17.5 Å². The van der Waals surface area contributed by atoms with Gasteiger partial charge in [0.2, 0.25) is 0 Å². The molecule has 2 aliphatic heterocycles. The zero-order valence-electron chi connectivity index (χ0n) is 19.5. The molecule has 4 bridgehead atoms. The smallest absolute Gasteiger partial charge is 0.275 e. The summed E-state index contributed by atoms with van der Waals surface area (Å²) in [5.74, 6) is -1.05. The fourth-order valence-corrected chi connectivity index (χ4v) is 4.52. The van der Waals surface area contributed by atoms with E-state index < -0.39 is 11.8 Å². The number of ether oxygens (including phenoxy) is 2. The summed E-state index contributed by atoms with van der Waals surface area (Å²) in [6.45, 7) is 2.76. The van der Waals surface area contributed by atoms with Gasteiger partial charge in [-0.2, -0.15) is 0 Å². The highest BCUT2D eigenvalue weighted by molar-refractivity contribution is 7.13. The van der Waals surface area contributed by atoms with E-state index in [1.807, 2.05) is 12.1 Å². The number of carbonyl (C=O) groups is 2. The van der Waals surface area contributed by atoms with Crippen LogP contribution in [0.5, 0.6) is 0 Å². The van der Waals surface area contributed by atoms with Crippen molar-refractivity contribution in [1.29, 1.82) is 5.41 Å². The van der Waals surface area contributed by atoms with Crippen LogP contribution in [0, 0.1) is 5.41 Å². The van der Waals surface area contributed by atoms with Crippen LogP contribution in [0.1, 0.15) is 41.9 Å². The molecule has 186 valence electrons. The molecule has 0 radical (unpaired) electrons. The van der Waals surface area contributed by atoms with Gasteiger partial charge in [0.1, 0.15) is 16.4 Å². The average Bonchev–Trinajstić information content (AvgIpc) is 3.38. The molecule has 0 aromatic carbocycles. The number of rotatable bonds is 2. The van der Waals surface area contributed by atoms with Crippen LogP contribution in [-0.4, -0.2) is 66.5 Å². The van der Waals surface area contributed by atoms with Gasteiger partial charge in [-0.1, -0.05) is 0 Å². The number of aryl methyl sites for hydroxylation is 1. The van der Waals surface area contributed by atoms with Crippen molar-refractivity contribution in [3.05, 3.63) is 47.0 Å². The maximum atomic E-state index is 13.0. The van der Waals surface area contributed by atoms with Crippen LogP contribution in [0.15, 0.2) is 35.6 Å².